The molecular weight excluding hydrogens is 514 g/mol. The van der Waals surface area contributed by atoms with Gasteiger partial charge in [0.2, 0.25) is 5.88 Å². The van der Waals surface area contributed by atoms with Gasteiger partial charge < -0.3 is 10.0 Å². The number of hydrogen-bond acceptors (Lipinski definition) is 6. The third-order valence-electron chi connectivity index (χ3n) is 7.05. The van der Waals surface area contributed by atoms with Crippen LogP contribution in [-0.4, -0.2) is 34.0 Å². The molecule has 3 rings (SSSR count). The number of hydrogen-bond donors (Lipinski definition) is 2. The molecule has 0 spiro atoms. The van der Waals surface area contributed by atoms with Crippen LogP contribution in [0.15, 0.2) is 69.6 Å². The summed E-state index contributed by atoms with van der Waals surface area (Å²) in [5, 5.41) is 28.7. The average Bonchev–Trinajstić information content (AvgIpc) is 2.99. The van der Waals surface area contributed by atoms with Gasteiger partial charge in [0.25, 0.3) is 11.5 Å². The fourth-order valence-corrected chi connectivity index (χ4v) is 4.79. The number of unbranched alkanes of at least 4 members (excludes halogenated alkanes) is 8. The number of carbonyl (C=O) groups excluding carboxylic acids is 1. The van der Waals surface area contributed by atoms with Crippen molar-refractivity contribution in [1.82, 2.24) is 9.88 Å². The van der Waals surface area contributed by atoms with Crippen molar-refractivity contribution < 1.29 is 9.90 Å². The Balaban J connectivity index is 1.84. The Morgan fingerprint density at radius 2 is 1.51 bits per heavy atom. The number of pyridine rings is 1. The Hall–Kier alpha value is -4.25. The molecule has 8 nitrogen and oxygen atoms in total. The summed E-state index contributed by atoms with van der Waals surface area (Å²) in [4.78, 5) is 30.2. The third kappa shape index (κ3) is 9.14. The van der Waals surface area contributed by atoms with E-state index in [1.165, 1.54) is 25.7 Å². The highest BCUT2D eigenvalue weighted by Gasteiger charge is 2.20. The lowest BCUT2D eigenvalue weighted by atomic mass is 10.0. The summed E-state index contributed by atoms with van der Waals surface area (Å²) in [7, 11) is 0. The fraction of sp³-hybridized carbons (Fsp3) is 0.424. The van der Waals surface area contributed by atoms with Crippen LogP contribution < -0.4 is 5.56 Å². The van der Waals surface area contributed by atoms with Crippen LogP contribution in [-0.2, 0) is 0 Å². The molecule has 0 saturated carbocycles. The zero-order valence-corrected chi connectivity index (χ0v) is 24.2. The molecule has 1 aromatic heterocycles. The van der Waals surface area contributed by atoms with Gasteiger partial charge in [0.1, 0.15) is 11.6 Å². The summed E-state index contributed by atoms with van der Waals surface area (Å²) in [6.07, 6.45) is 11.4. The lowest BCUT2D eigenvalue weighted by Crippen LogP contribution is -2.33. The Kier molecular flexibility index (Phi) is 12.8. The second-order valence-corrected chi connectivity index (χ2v) is 10.3. The molecule has 0 aliphatic rings. The van der Waals surface area contributed by atoms with Gasteiger partial charge in [0.05, 0.1) is 5.69 Å². The standard InChI is InChI=1S/C33H41N5O3/c1-3-5-7-9-10-15-22-38(21-14-8-6-4-2)33(41)26-19-16-20-27(23-26)36-37-30-29(25-17-12-11-13-18-25)28(24-34)31(39)35-32(30)40/h11-13,16-20,23H,3-10,14-15,21-22H2,1-2H3,(H2,35,39,40)/b37-36+. The summed E-state index contributed by atoms with van der Waals surface area (Å²) >= 11 is 0. The van der Waals surface area contributed by atoms with Crippen molar-refractivity contribution >= 4 is 17.3 Å². The molecule has 0 unspecified atom stereocenters. The van der Waals surface area contributed by atoms with E-state index in [4.69, 9.17) is 0 Å². The van der Waals surface area contributed by atoms with E-state index in [0.29, 0.717) is 16.8 Å². The quantitative estimate of drug-likeness (QED) is 0.136. The molecule has 0 aliphatic carbocycles. The first-order valence-corrected chi connectivity index (χ1v) is 14.8. The van der Waals surface area contributed by atoms with Gasteiger partial charge in [-0.25, -0.2) is 0 Å². The Labute approximate surface area is 242 Å². The van der Waals surface area contributed by atoms with Gasteiger partial charge in [0, 0.05) is 24.2 Å². The maximum absolute atomic E-state index is 13.6. The average molecular weight is 556 g/mol. The van der Waals surface area contributed by atoms with Crippen LogP contribution in [0.2, 0.25) is 0 Å². The van der Waals surface area contributed by atoms with Crippen LogP contribution in [0.1, 0.15) is 94.0 Å². The molecular formula is C33H41N5O3. The molecule has 0 fully saturated rings. The lowest BCUT2D eigenvalue weighted by Gasteiger charge is -2.23. The molecule has 216 valence electrons. The van der Waals surface area contributed by atoms with Gasteiger partial charge in [-0.3, -0.25) is 14.6 Å². The van der Waals surface area contributed by atoms with E-state index in [-0.39, 0.29) is 22.7 Å². The second-order valence-electron chi connectivity index (χ2n) is 10.3. The molecule has 3 aromatic rings. The number of azo groups is 1. The zero-order valence-electron chi connectivity index (χ0n) is 24.2. The molecule has 0 aliphatic heterocycles. The molecule has 2 aromatic carbocycles. The van der Waals surface area contributed by atoms with Crippen LogP contribution in [0.25, 0.3) is 11.1 Å². The fourth-order valence-electron chi connectivity index (χ4n) is 4.79. The molecule has 0 saturated heterocycles. The van der Waals surface area contributed by atoms with E-state index in [1.807, 2.05) is 17.0 Å². The maximum atomic E-state index is 13.6. The van der Waals surface area contributed by atoms with E-state index in [0.717, 1.165) is 51.6 Å². The first kappa shape index (κ1) is 31.3. The highest BCUT2D eigenvalue weighted by atomic mass is 16.3. The van der Waals surface area contributed by atoms with E-state index in [2.05, 4.69) is 29.1 Å². The number of amides is 1. The molecule has 0 radical (unpaired) electrons. The summed E-state index contributed by atoms with van der Waals surface area (Å²) in [5.41, 5.74) is 0.795. The molecule has 41 heavy (non-hydrogen) atoms. The smallest absolute Gasteiger partial charge is 0.269 e. The van der Waals surface area contributed by atoms with Crippen LogP contribution in [0.4, 0.5) is 11.4 Å². The number of nitrogens with one attached hydrogen (secondary N) is 1. The van der Waals surface area contributed by atoms with Crippen LogP contribution in [0, 0.1) is 11.3 Å². The minimum absolute atomic E-state index is 0.0234. The van der Waals surface area contributed by atoms with Gasteiger partial charge in [-0.1, -0.05) is 102 Å². The predicted octanol–water partition coefficient (Wildman–Crippen LogP) is 8.42. The number of benzene rings is 2. The number of aromatic amines is 1. The van der Waals surface area contributed by atoms with Crippen molar-refractivity contribution in [2.75, 3.05) is 13.1 Å². The number of H-pyrrole nitrogens is 1. The van der Waals surface area contributed by atoms with Gasteiger partial charge in [-0.05, 0) is 36.6 Å². The normalized spacial score (nSPS) is 11.0. The predicted molar refractivity (Wildman–Crippen MR) is 163 cm³/mol. The lowest BCUT2D eigenvalue weighted by molar-refractivity contribution is 0.0749. The van der Waals surface area contributed by atoms with Gasteiger partial charge in [-0.15, -0.1) is 5.11 Å². The summed E-state index contributed by atoms with van der Waals surface area (Å²) in [5.74, 6) is -0.517. The summed E-state index contributed by atoms with van der Waals surface area (Å²) in [6, 6.07) is 17.7. The van der Waals surface area contributed by atoms with Crippen molar-refractivity contribution in [3.05, 3.63) is 76.1 Å². The van der Waals surface area contributed by atoms with Crippen molar-refractivity contribution in [3.8, 4) is 23.1 Å². The number of nitriles is 1. The Morgan fingerprint density at radius 1 is 0.878 bits per heavy atom. The highest BCUT2D eigenvalue weighted by molar-refractivity contribution is 5.95. The SMILES string of the molecule is CCCCCCCCN(CCCCCC)C(=O)c1cccc(/N=N/c2c(O)[nH]c(=O)c(C#N)c2-c2ccccc2)c1. The number of rotatable bonds is 16. The maximum Gasteiger partial charge on any atom is 0.269 e. The second kappa shape index (κ2) is 16.8. The van der Waals surface area contributed by atoms with Gasteiger partial charge in [-0.2, -0.15) is 10.4 Å². The van der Waals surface area contributed by atoms with E-state index in [1.54, 1.807) is 48.5 Å². The molecule has 2 N–H and O–H groups in total. The molecule has 8 heteroatoms. The topological polar surface area (TPSA) is 122 Å². The van der Waals surface area contributed by atoms with E-state index < -0.39 is 11.4 Å². The first-order chi connectivity index (χ1) is 20.0. The number of nitrogens with zero attached hydrogens (tertiary/aromatic N) is 4. The number of aromatic hydroxyl groups is 1. The molecule has 1 amide bonds. The highest BCUT2D eigenvalue weighted by Crippen LogP contribution is 2.38. The number of carbonyl (C=O) groups is 1. The van der Waals surface area contributed by atoms with Crippen LogP contribution in [0.3, 0.4) is 0 Å². The third-order valence-corrected chi connectivity index (χ3v) is 7.05. The van der Waals surface area contributed by atoms with Crippen molar-refractivity contribution in [1.29, 1.82) is 5.26 Å². The molecule has 0 bridgehead atoms. The van der Waals surface area contributed by atoms with Crippen molar-refractivity contribution in [3.63, 3.8) is 0 Å². The zero-order chi connectivity index (χ0) is 29.5. The summed E-state index contributed by atoms with van der Waals surface area (Å²) in [6.45, 7) is 5.84. The largest absolute Gasteiger partial charge is 0.493 e. The van der Waals surface area contributed by atoms with E-state index in [9.17, 15) is 20.0 Å². The number of aromatic nitrogens is 1. The monoisotopic (exact) mass is 555 g/mol. The van der Waals surface area contributed by atoms with Crippen molar-refractivity contribution in [2.24, 2.45) is 10.2 Å². The molecule has 0 atom stereocenters. The van der Waals surface area contributed by atoms with Crippen LogP contribution >= 0.6 is 0 Å². The van der Waals surface area contributed by atoms with E-state index >= 15 is 0 Å². The Morgan fingerprint density at radius 3 is 2.17 bits per heavy atom. The molecule has 1 heterocycles. The first-order valence-electron chi connectivity index (χ1n) is 14.8. The summed E-state index contributed by atoms with van der Waals surface area (Å²) < 4.78 is 0. The minimum atomic E-state index is -0.709. The van der Waals surface area contributed by atoms with Gasteiger partial charge in [0.15, 0.2) is 5.69 Å². The minimum Gasteiger partial charge on any atom is -0.493 e. The van der Waals surface area contributed by atoms with Crippen LogP contribution in [0.5, 0.6) is 5.88 Å². The van der Waals surface area contributed by atoms with Crippen molar-refractivity contribution in [2.45, 2.75) is 78.1 Å². The Bertz CT molecular complexity index is 1390. The van der Waals surface area contributed by atoms with Gasteiger partial charge >= 0.3 is 0 Å².